The quantitative estimate of drug-likeness (QED) is 0.775. The highest BCUT2D eigenvalue weighted by atomic mass is 19.1. The molecule has 0 bridgehead atoms. The smallest absolute Gasteiger partial charge is 0.130 e. The van der Waals surface area contributed by atoms with Crippen LogP contribution in [0.15, 0.2) is 18.2 Å². The molecule has 1 unspecified atom stereocenters. The van der Waals surface area contributed by atoms with Gasteiger partial charge in [0.15, 0.2) is 0 Å². The maximum atomic E-state index is 14.0. The number of hydrogen-bond donors (Lipinski definition) is 1. The lowest BCUT2D eigenvalue weighted by atomic mass is 9.83. The van der Waals surface area contributed by atoms with Gasteiger partial charge >= 0.3 is 0 Å². The predicted molar refractivity (Wildman–Crippen MR) is 78.6 cm³/mol. The van der Waals surface area contributed by atoms with Gasteiger partial charge in [0.05, 0.1) is 0 Å². The van der Waals surface area contributed by atoms with Gasteiger partial charge in [0.25, 0.3) is 0 Å². The molecule has 0 spiro atoms. The van der Waals surface area contributed by atoms with Gasteiger partial charge in [-0.05, 0) is 31.4 Å². The Morgan fingerprint density at radius 1 is 1.20 bits per heavy atom. The molecule has 3 heteroatoms. The fourth-order valence-electron chi connectivity index (χ4n) is 3.18. The minimum Gasteiger partial charge on any atom is -0.310 e. The first-order valence-electron chi connectivity index (χ1n) is 7.89. The predicted octanol–water partition coefficient (Wildman–Crippen LogP) is 4.98. The summed E-state index contributed by atoms with van der Waals surface area (Å²) in [5.41, 5.74) is 0.616. The van der Waals surface area contributed by atoms with Crippen molar-refractivity contribution in [1.29, 1.82) is 0 Å². The van der Waals surface area contributed by atoms with E-state index in [1.165, 1.54) is 38.2 Å². The van der Waals surface area contributed by atoms with E-state index in [0.29, 0.717) is 11.5 Å². The van der Waals surface area contributed by atoms with Crippen LogP contribution in [0.25, 0.3) is 0 Å². The standard InChI is InChI=1S/C17H25F2N/c1-2-10-20-17(11-13-6-4-3-5-7-13)15-9-8-14(18)12-16(15)19/h8-9,12-13,17,20H,2-7,10-11H2,1H3. The Morgan fingerprint density at radius 3 is 2.60 bits per heavy atom. The zero-order valence-electron chi connectivity index (χ0n) is 12.3. The van der Waals surface area contributed by atoms with Crippen LogP contribution in [0, 0.1) is 17.6 Å². The van der Waals surface area contributed by atoms with Crippen LogP contribution < -0.4 is 5.32 Å². The van der Waals surface area contributed by atoms with Crippen LogP contribution in [0.5, 0.6) is 0 Å². The molecule has 1 fully saturated rings. The maximum Gasteiger partial charge on any atom is 0.130 e. The van der Waals surface area contributed by atoms with Gasteiger partial charge in [-0.15, -0.1) is 0 Å². The van der Waals surface area contributed by atoms with E-state index in [1.807, 2.05) is 0 Å². The van der Waals surface area contributed by atoms with Crippen molar-refractivity contribution in [2.45, 2.75) is 57.9 Å². The van der Waals surface area contributed by atoms with Gasteiger partial charge in [0.1, 0.15) is 11.6 Å². The van der Waals surface area contributed by atoms with Crippen LogP contribution >= 0.6 is 0 Å². The van der Waals surface area contributed by atoms with E-state index in [2.05, 4.69) is 12.2 Å². The van der Waals surface area contributed by atoms with E-state index in [9.17, 15) is 8.78 Å². The molecule has 112 valence electrons. The van der Waals surface area contributed by atoms with Crippen molar-refractivity contribution in [2.75, 3.05) is 6.54 Å². The first-order valence-corrected chi connectivity index (χ1v) is 7.89. The fourth-order valence-corrected chi connectivity index (χ4v) is 3.18. The van der Waals surface area contributed by atoms with Crippen molar-refractivity contribution in [3.05, 3.63) is 35.4 Å². The largest absolute Gasteiger partial charge is 0.310 e. The SMILES string of the molecule is CCCNC(CC1CCCCC1)c1ccc(F)cc1F. The molecule has 0 aromatic heterocycles. The molecule has 1 aliphatic rings. The Labute approximate surface area is 120 Å². The Bertz CT molecular complexity index is 413. The summed E-state index contributed by atoms with van der Waals surface area (Å²) in [5, 5.41) is 3.43. The van der Waals surface area contributed by atoms with Crippen molar-refractivity contribution in [3.63, 3.8) is 0 Å². The Balaban J connectivity index is 2.08. The Kier molecular flexibility index (Phi) is 5.96. The van der Waals surface area contributed by atoms with Crippen molar-refractivity contribution in [3.8, 4) is 0 Å². The molecule has 0 amide bonds. The van der Waals surface area contributed by atoms with Crippen LogP contribution in [0.1, 0.15) is 63.5 Å². The van der Waals surface area contributed by atoms with E-state index < -0.39 is 11.6 Å². The summed E-state index contributed by atoms with van der Waals surface area (Å²) in [5.74, 6) is -0.255. The second kappa shape index (κ2) is 7.72. The Morgan fingerprint density at radius 2 is 1.95 bits per heavy atom. The van der Waals surface area contributed by atoms with Crippen LogP contribution in [0.3, 0.4) is 0 Å². The molecule has 1 aromatic carbocycles. The Hall–Kier alpha value is -0.960. The third kappa shape index (κ3) is 4.27. The highest BCUT2D eigenvalue weighted by Gasteiger charge is 2.22. The van der Waals surface area contributed by atoms with Gasteiger partial charge in [-0.25, -0.2) is 8.78 Å². The van der Waals surface area contributed by atoms with E-state index in [1.54, 1.807) is 6.07 Å². The van der Waals surface area contributed by atoms with Crippen LogP contribution in [-0.2, 0) is 0 Å². The van der Waals surface area contributed by atoms with E-state index in [4.69, 9.17) is 0 Å². The van der Waals surface area contributed by atoms with Crippen LogP contribution in [-0.4, -0.2) is 6.54 Å². The highest BCUT2D eigenvalue weighted by molar-refractivity contribution is 5.22. The lowest BCUT2D eigenvalue weighted by Crippen LogP contribution is -2.26. The number of benzene rings is 1. The summed E-state index contributed by atoms with van der Waals surface area (Å²) in [6, 6.07) is 3.97. The topological polar surface area (TPSA) is 12.0 Å². The maximum absolute atomic E-state index is 14.0. The zero-order chi connectivity index (χ0) is 14.4. The number of rotatable bonds is 6. The van der Waals surface area contributed by atoms with Crippen molar-refractivity contribution in [1.82, 2.24) is 5.32 Å². The van der Waals surface area contributed by atoms with E-state index in [0.717, 1.165) is 25.5 Å². The van der Waals surface area contributed by atoms with Gasteiger partial charge < -0.3 is 5.32 Å². The van der Waals surface area contributed by atoms with Gasteiger partial charge in [0, 0.05) is 17.7 Å². The van der Waals surface area contributed by atoms with Crippen LogP contribution in [0.4, 0.5) is 8.78 Å². The highest BCUT2D eigenvalue weighted by Crippen LogP contribution is 2.32. The van der Waals surface area contributed by atoms with Gasteiger partial charge in [0.2, 0.25) is 0 Å². The number of nitrogens with one attached hydrogen (secondary N) is 1. The first-order chi connectivity index (χ1) is 9.70. The molecule has 1 aromatic rings. The van der Waals surface area contributed by atoms with Gasteiger partial charge in [-0.3, -0.25) is 0 Å². The monoisotopic (exact) mass is 281 g/mol. The minimum atomic E-state index is -0.502. The van der Waals surface area contributed by atoms with E-state index in [-0.39, 0.29) is 6.04 Å². The second-order valence-electron chi connectivity index (χ2n) is 5.91. The molecule has 2 rings (SSSR count). The molecule has 1 nitrogen and oxygen atoms in total. The molecule has 0 heterocycles. The number of hydrogen-bond acceptors (Lipinski definition) is 1. The van der Waals surface area contributed by atoms with Crippen molar-refractivity contribution >= 4 is 0 Å². The van der Waals surface area contributed by atoms with Crippen molar-refractivity contribution in [2.24, 2.45) is 5.92 Å². The third-order valence-corrected chi connectivity index (χ3v) is 4.27. The molecule has 1 N–H and O–H groups in total. The summed E-state index contributed by atoms with van der Waals surface area (Å²) < 4.78 is 27.1. The lowest BCUT2D eigenvalue weighted by molar-refractivity contribution is 0.296. The van der Waals surface area contributed by atoms with E-state index >= 15 is 0 Å². The molecule has 0 radical (unpaired) electrons. The van der Waals surface area contributed by atoms with Crippen LogP contribution in [0.2, 0.25) is 0 Å². The van der Waals surface area contributed by atoms with Crippen molar-refractivity contribution < 1.29 is 8.78 Å². The molecule has 1 saturated carbocycles. The minimum absolute atomic E-state index is 0.0126. The third-order valence-electron chi connectivity index (χ3n) is 4.27. The average Bonchev–Trinajstić information content (AvgIpc) is 2.45. The van der Waals surface area contributed by atoms with Gasteiger partial charge in [-0.2, -0.15) is 0 Å². The molecule has 0 aliphatic heterocycles. The summed E-state index contributed by atoms with van der Waals surface area (Å²) >= 11 is 0. The summed E-state index contributed by atoms with van der Waals surface area (Å²) in [7, 11) is 0. The number of halogens is 2. The fraction of sp³-hybridized carbons (Fsp3) is 0.647. The summed E-state index contributed by atoms with van der Waals surface area (Å²) in [6.45, 7) is 2.97. The average molecular weight is 281 g/mol. The summed E-state index contributed by atoms with van der Waals surface area (Å²) in [4.78, 5) is 0. The summed E-state index contributed by atoms with van der Waals surface area (Å²) in [6.07, 6.45) is 8.37. The first kappa shape index (κ1) is 15.4. The molecule has 20 heavy (non-hydrogen) atoms. The molecule has 1 aliphatic carbocycles. The zero-order valence-corrected chi connectivity index (χ0v) is 12.3. The normalized spacial score (nSPS) is 18.1. The molecule has 0 saturated heterocycles. The van der Waals surface area contributed by atoms with Gasteiger partial charge in [-0.1, -0.05) is 45.1 Å². The molecular weight excluding hydrogens is 256 g/mol. The second-order valence-corrected chi connectivity index (χ2v) is 5.91. The molecule has 1 atom stereocenters. The molecular formula is C17H25F2N. The lowest BCUT2D eigenvalue weighted by Gasteiger charge is -2.27.